The van der Waals surface area contributed by atoms with Gasteiger partial charge in [-0.15, -0.1) is 11.8 Å². The van der Waals surface area contributed by atoms with Gasteiger partial charge in [0.25, 0.3) is 0 Å². The molecule has 4 rings (SSSR count). The summed E-state index contributed by atoms with van der Waals surface area (Å²) in [5, 5.41) is 1.17. The number of nitrogens with zero attached hydrogens (tertiary/aromatic N) is 1. The summed E-state index contributed by atoms with van der Waals surface area (Å²) in [6.07, 6.45) is -0.123. The zero-order valence-corrected chi connectivity index (χ0v) is 16.5. The van der Waals surface area contributed by atoms with Crippen molar-refractivity contribution in [2.45, 2.75) is 24.4 Å². The third kappa shape index (κ3) is 3.20. The maximum Gasteiger partial charge on any atom is 0.119 e. The number of anilines is 1. The highest BCUT2D eigenvalue weighted by atomic mass is 79.9. The molecule has 1 aromatic heterocycles. The lowest BCUT2D eigenvalue weighted by atomic mass is 10.1. The highest BCUT2D eigenvalue weighted by Gasteiger charge is 2.25. The second-order valence-electron chi connectivity index (χ2n) is 6.30. The Morgan fingerprint density at radius 1 is 1.28 bits per heavy atom. The van der Waals surface area contributed by atoms with Crippen molar-refractivity contribution in [2.24, 2.45) is 0 Å². The van der Waals surface area contributed by atoms with Crippen LogP contribution in [-0.2, 0) is 0 Å². The monoisotopic (exact) mass is 418 g/mol. The highest BCUT2D eigenvalue weighted by Crippen LogP contribution is 2.41. The van der Waals surface area contributed by atoms with Crippen LogP contribution in [0.3, 0.4) is 0 Å². The van der Waals surface area contributed by atoms with Crippen LogP contribution in [-0.4, -0.2) is 30.0 Å². The topological polar surface area (TPSA) is 19.0 Å². The molecule has 2 aromatic carbocycles. The van der Waals surface area contributed by atoms with Gasteiger partial charge in [-0.25, -0.2) is 4.39 Å². The molecule has 0 radical (unpaired) electrons. The van der Waals surface area contributed by atoms with E-state index >= 15 is 0 Å². The smallest absolute Gasteiger partial charge is 0.119 e. The number of para-hydroxylation sites is 1. The number of halogens is 2. The summed E-state index contributed by atoms with van der Waals surface area (Å²) in [5.74, 6) is 1.03. The number of benzene rings is 2. The van der Waals surface area contributed by atoms with E-state index in [1.54, 1.807) is 0 Å². The van der Waals surface area contributed by atoms with E-state index < -0.39 is 6.17 Å². The number of thioether (sulfide) groups is 1. The SMILES string of the molecule is CCSc1ccc(N2CCC(F)C2)c(-c2[nH]c3ccccc3c2Br)c1. The van der Waals surface area contributed by atoms with Crippen molar-refractivity contribution >= 4 is 44.3 Å². The zero-order valence-electron chi connectivity index (χ0n) is 14.1. The molecule has 1 fully saturated rings. The van der Waals surface area contributed by atoms with Gasteiger partial charge in [0.1, 0.15) is 6.17 Å². The molecule has 25 heavy (non-hydrogen) atoms. The van der Waals surface area contributed by atoms with Gasteiger partial charge in [-0.3, -0.25) is 0 Å². The van der Waals surface area contributed by atoms with Crippen molar-refractivity contribution in [3.8, 4) is 11.3 Å². The summed E-state index contributed by atoms with van der Waals surface area (Å²) >= 11 is 5.60. The lowest BCUT2D eigenvalue weighted by Gasteiger charge is -2.22. The van der Waals surface area contributed by atoms with E-state index in [9.17, 15) is 4.39 Å². The Labute approximate surface area is 159 Å². The average molecular weight is 419 g/mol. The molecule has 1 aliphatic heterocycles. The van der Waals surface area contributed by atoms with E-state index in [1.165, 1.54) is 10.3 Å². The van der Waals surface area contributed by atoms with Gasteiger partial charge in [-0.05, 0) is 52.4 Å². The molecule has 1 aliphatic rings. The van der Waals surface area contributed by atoms with Crippen molar-refractivity contribution < 1.29 is 4.39 Å². The van der Waals surface area contributed by atoms with Crippen LogP contribution in [0.15, 0.2) is 51.8 Å². The van der Waals surface area contributed by atoms with Crippen molar-refractivity contribution in [3.63, 3.8) is 0 Å². The summed E-state index contributed by atoms with van der Waals surface area (Å²) in [4.78, 5) is 6.95. The number of aromatic nitrogens is 1. The van der Waals surface area contributed by atoms with E-state index in [1.807, 2.05) is 23.9 Å². The molecule has 2 nitrogen and oxygen atoms in total. The van der Waals surface area contributed by atoms with Crippen molar-refractivity contribution in [3.05, 3.63) is 46.9 Å². The summed E-state index contributed by atoms with van der Waals surface area (Å²) in [6, 6.07) is 14.8. The molecule has 0 amide bonds. The maximum absolute atomic E-state index is 13.8. The lowest BCUT2D eigenvalue weighted by molar-refractivity contribution is 0.364. The number of rotatable bonds is 4. The first kappa shape index (κ1) is 17.0. The van der Waals surface area contributed by atoms with Crippen LogP contribution in [0.25, 0.3) is 22.2 Å². The number of hydrogen-bond acceptors (Lipinski definition) is 2. The Bertz CT molecular complexity index is 908. The Balaban J connectivity index is 1.87. The van der Waals surface area contributed by atoms with Gasteiger partial charge in [-0.2, -0.15) is 0 Å². The summed E-state index contributed by atoms with van der Waals surface area (Å²) in [7, 11) is 0. The van der Waals surface area contributed by atoms with E-state index in [4.69, 9.17) is 0 Å². The molecule has 130 valence electrons. The lowest BCUT2D eigenvalue weighted by Crippen LogP contribution is -2.20. The van der Waals surface area contributed by atoms with Crippen LogP contribution in [0, 0.1) is 0 Å². The molecule has 1 N–H and O–H groups in total. The minimum absolute atomic E-state index is 0.477. The minimum Gasteiger partial charge on any atom is -0.368 e. The van der Waals surface area contributed by atoms with E-state index in [-0.39, 0.29) is 0 Å². The molecular weight excluding hydrogens is 399 g/mol. The Hall–Kier alpha value is -1.46. The second kappa shape index (κ2) is 7.04. The fraction of sp³-hybridized carbons (Fsp3) is 0.300. The number of hydrogen-bond donors (Lipinski definition) is 1. The Morgan fingerprint density at radius 2 is 2.12 bits per heavy atom. The van der Waals surface area contributed by atoms with Gasteiger partial charge in [0.2, 0.25) is 0 Å². The van der Waals surface area contributed by atoms with Crippen molar-refractivity contribution in [1.29, 1.82) is 0 Å². The molecule has 2 heterocycles. The zero-order chi connectivity index (χ0) is 17.4. The first-order valence-electron chi connectivity index (χ1n) is 8.60. The van der Waals surface area contributed by atoms with Crippen LogP contribution in [0.1, 0.15) is 13.3 Å². The maximum atomic E-state index is 13.8. The molecule has 1 atom stereocenters. The summed E-state index contributed by atoms with van der Waals surface area (Å²) < 4.78 is 14.8. The standard InChI is InChI=1S/C20H20BrFN2S/c1-2-25-14-7-8-18(24-10-9-13(22)12-24)16(11-14)20-19(21)15-5-3-4-6-17(15)23-20/h3-8,11,13,23H,2,9-10,12H2,1H3. The van der Waals surface area contributed by atoms with Crippen LogP contribution >= 0.6 is 27.7 Å². The average Bonchev–Trinajstić information content (AvgIpc) is 3.19. The highest BCUT2D eigenvalue weighted by molar-refractivity contribution is 9.10. The predicted molar refractivity (Wildman–Crippen MR) is 110 cm³/mol. The number of fused-ring (bicyclic) bond motifs is 1. The Kier molecular flexibility index (Phi) is 4.78. The van der Waals surface area contributed by atoms with Crippen LogP contribution < -0.4 is 4.90 Å². The van der Waals surface area contributed by atoms with Gasteiger partial charge in [0.05, 0.1) is 10.2 Å². The molecule has 5 heteroatoms. The molecule has 0 aliphatic carbocycles. The van der Waals surface area contributed by atoms with Gasteiger partial charge in [-0.1, -0.05) is 25.1 Å². The van der Waals surface area contributed by atoms with E-state index in [2.05, 4.69) is 63.1 Å². The number of alkyl halides is 1. The van der Waals surface area contributed by atoms with Crippen molar-refractivity contribution in [2.75, 3.05) is 23.7 Å². The fourth-order valence-corrected chi connectivity index (χ4v) is 4.83. The van der Waals surface area contributed by atoms with Gasteiger partial charge >= 0.3 is 0 Å². The molecule has 3 aromatic rings. The largest absolute Gasteiger partial charge is 0.368 e. The van der Waals surface area contributed by atoms with Gasteiger partial charge in [0, 0.05) is 40.1 Å². The molecule has 0 spiro atoms. The van der Waals surface area contributed by atoms with Crippen LogP contribution in [0.2, 0.25) is 0 Å². The molecule has 0 bridgehead atoms. The summed E-state index contributed by atoms with van der Waals surface area (Å²) in [6.45, 7) is 3.41. The third-order valence-corrected chi connectivity index (χ3v) is 6.36. The second-order valence-corrected chi connectivity index (χ2v) is 8.43. The first-order valence-corrected chi connectivity index (χ1v) is 10.4. The molecule has 1 saturated heterocycles. The first-order chi connectivity index (χ1) is 12.2. The molecule has 1 unspecified atom stereocenters. The van der Waals surface area contributed by atoms with E-state index in [0.29, 0.717) is 13.0 Å². The molecule has 0 saturated carbocycles. The quantitative estimate of drug-likeness (QED) is 0.504. The van der Waals surface area contributed by atoms with Crippen LogP contribution in [0.4, 0.5) is 10.1 Å². The number of nitrogens with one attached hydrogen (secondary N) is 1. The summed E-state index contributed by atoms with van der Waals surface area (Å²) in [5.41, 5.74) is 4.41. The van der Waals surface area contributed by atoms with Gasteiger partial charge in [0.15, 0.2) is 0 Å². The number of aromatic amines is 1. The van der Waals surface area contributed by atoms with Crippen molar-refractivity contribution in [1.82, 2.24) is 4.98 Å². The van der Waals surface area contributed by atoms with Gasteiger partial charge < -0.3 is 9.88 Å². The fourth-order valence-electron chi connectivity index (χ4n) is 3.48. The van der Waals surface area contributed by atoms with E-state index in [0.717, 1.165) is 39.2 Å². The minimum atomic E-state index is -0.733. The third-order valence-electron chi connectivity index (χ3n) is 4.66. The molecular formula is C20H20BrFN2S. The Morgan fingerprint density at radius 3 is 2.84 bits per heavy atom. The predicted octanol–water partition coefficient (Wildman–Crippen LogP) is 6.26. The van der Waals surface area contributed by atoms with Crippen LogP contribution in [0.5, 0.6) is 0 Å². The number of H-pyrrole nitrogens is 1. The normalized spacial score (nSPS) is 17.6.